The molecule has 0 saturated heterocycles. The molecule has 144 valence electrons. The molecule has 0 aliphatic heterocycles. The van der Waals surface area contributed by atoms with Crippen LogP contribution in [0.1, 0.15) is 19.8 Å². The van der Waals surface area contributed by atoms with Gasteiger partial charge in [0.1, 0.15) is 0 Å². The van der Waals surface area contributed by atoms with Crippen molar-refractivity contribution in [2.45, 2.75) is 72.6 Å². The molecule has 0 bridgehead atoms. The van der Waals surface area contributed by atoms with Crippen LogP contribution in [0.5, 0.6) is 5.75 Å². The molecule has 1 aliphatic rings. The summed E-state index contributed by atoms with van der Waals surface area (Å²) in [6.45, 7) is 10.7. The first-order chi connectivity index (χ1) is 12.0. The van der Waals surface area contributed by atoms with Crippen molar-refractivity contribution < 1.29 is 9.47 Å². The zero-order chi connectivity index (χ0) is 19.2. The number of benzene rings is 1. The fraction of sp³-hybridized carbons (Fsp3) is 0.650. The van der Waals surface area contributed by atoms with E-state index in [0.717, 1.165) is 25.2 Å². The Morgan fingerprint density at radius 1 is 1.19 bits per heavy atom. The van der Waals surface area contributed by atoms with Gasteiger partial charge in [0.2, 0.25) is 0 Å². The molecule has 0 radical (unpaired) electrons. The van der Waals surface area contributed by atoms with Crippen molar-refractivity contribution in [3.8, 4) is 5.75 Å². The van der Waals surface area contributed by atoms with E-state index in [-0.39, 0.29) is 5.60 Å². The van der Waals surface area contributed by atoms with Crippen LogP contribution in [0.4, 0.5) is 0 Å². The van der Waals surface area contributed by atoms with Crippen molar-refractivity contribution >= 4 is 41.1 Å². The molecule has 4 nitrogen and oxygen atoms in total. The Bertz CT molecular complexity index is 785. The van der Waals surface area contributed by atoms with Crippen LogP contribution in [0, 0.1) is 0 Å². The first kappa shape index (κ1) is 20.2. The zero-order valence-corrected chi connectivity index (χ0v) is 21.3. The zero-order valence-electron chi connectivity index (χ0n) is 17.5. The topological polar surface area (TPSA) is 36.3 Å². The van der Waals surface area contributed by atoms with Crippen LogP contribution >= 0.6 is 0 Å². The molecule has 1 saturated carbocycles. The molecule has 1 aromatic carbocycles. The van der Waals surface area contributed by atoms with Gasteiger partial charge in [-0.2, -0.15) is 0 Å². The third-order valence-electron chi connectivity index (χ3n) is 4.96. The normalized spacial score (nSPS) is 16.9. The molecule has 1 aromatic heterocycles. The quantitative estimate of drug-likeness (QED) is 0.401. The van der Waals surface area contributed by atoms with Gasteiger partial charge in [0.15, 0.2) is 0 Å². The standard InChI is InChI=1S/C17H25N2O2Si.3CH3.Sn/c1-17(7-8-17)21-15-5-6-16-14(11-15)12-18-19(16)13-20-9-10-22(2,3)4;;;;/h5-6,11H,7-10,13H2,1-4H3;3*1H3;. The van der Waals surface area contributed by atoms with Crippen LogP contribution in [-0.4, -0.2) is 48.4 Å². The van der Waals surface area contributed by atoms with Crippen LogP contribution in [0.2, 0.25) is 40.5 Å². The Balaban J connectivity index is 1.84. The maximum absolute atomic E-state index is 6.19. The molecule has 2 aromatic rings. The first-order valence-electron chi connectivity index (χ1n) is 9.75. The van der Waals surface area contributed by atoms with Crippen LogP contribution < -0.4 is 8.45 Å². The second-order valence-electron chi connectivity index (χ2n) is 10.2. The molecule has 6 heteroatoms. The fourth-order valence-corrected chi connectivity index (χ4v) is 7.80. The van der Waals surface area contributed by atoms with Crippen molar-refractivity contribution in [2.75, 3.05) is 6.61 Å². The summed E-state index contributed by atoms with van der Waals surface area (Å²) in [5.74, 6) is 0.980. The Morgan fingerprint density at radius 2 is 1.88 bits per heavy atom. The molecule has 0 atom stereocenters. The minimum absolute atomic E-state index is 0.0504. The number of hydrogen-bond donors (Lipinski definition) is 0. The third kappa shape index (κ3) is 5.04. The van der Waals surface area contributed by atoms with Crippen molar-refractivity contribution in [1.29, 1.82) is 0 Å². The molecule has 0 unspecified atom stereocenters. The van der Waals surface area contributed by atoms with E-state index in [0.29, 0.717) is 6.73 Å². The molecule has 26 heavy (non-hydrogen) atoms. The fourth-order valence-electron chi connectivity index (χ4n) is 2.97. The van der Waals surface area contributed by atoms with E-state index in [9.17, 15) is 0 Å². The van der Waals surface area contributed by atoms with Crippen molar-refractivity contribution in [1.82, 2.24) is 9.78 Å². The SMILES string of the molecule is CC1(Oc2ccc3c(c2)[c]([Sn]([CH3])([CH3])[CH3])nn3COCC[Si](C)(C)C)CC1. The molecule has 0 amide bonds. The average molecular weight is 481 g/mol. The van der Waals surface area contributed by atoms with Gasteiger partial charge >= 0.3 is 163 Å². The molecule has 3 rings (SSSR count). The van der Waals surface area contributed by atoms with Crippen LogP contribution in [-0.2, 0) is 11.5 Å². The molecular formula is C20H34N2O2SiSn. The van der Waals surface area contributed by atoms with Gasteiger partial charge in [0, 0.05) is 0 Å². The second-order valence-corrected chi connectivity index (χ2v) is 30.0. The number of fused-ring (bicyclic) bond motifs is 1. The summed E-state index contributed by atoms with van der Waals surface area (Å²) in [6, 6.07) is 7.65. The third-order valence-corrected chi connectivity index (χ3v) is 11.8. The molecule has 0 spiro atoms. The number of hydrogen-bond acceptors (Lipinski definition) is 3. The number of aromatic nitrogens is 2. The maximum atomic E-state index is 6.19. The first-order valence-corrected chi connectivity index (χ1v) is 23.4. The van der Waals surface area contributed by atoms with Crippen LogP contribution in [0.15, 0.2) is 18.2 Å². The van der Waals surface area contributed by atoms with E-state index in [4.69, 9.17) is 14.6 Å². The summed E-state index contributed by atoms with van der Waals surface area (Å²) in [5, 5.41) is 6.26. The molecule has 1 heterocycles. The Hall–Kier alpha value is -0.534. The average Bonchev–Trinajstić information content (AvgIpc) is 3.09. The van der Waals surface area contributed by atoms with Gasteiger partial charge in [-0.15, -0.1) is 0 Å². The Labute approximate surface area is 163 Å². The van der Waals surface area contributed by atoms with Gasteiger partial charge in [-0.25, -0.2) is 0 Å². The van der Waals surface area contributed by atoms with Crippen LogP contribution in [0.3, 0.4) is 0 Å². The van der Waals surface area contributed by atoms with Crippen molar-refractivity contribution in [3.63, 3.8) is 0 Å². The van der Waals surface area contributed by atoms with Crippen LogP contribution in [0.25, 0.3) is 10.9 Å². The van der Waals surface area contributed by atoms with Crippen molar-refractivity contribution in [3.05, 3.63) is 18.2 Å². The summed E-state index contributed by atoms with van der Waals surface area (Å²) >= 11 is -2.34. The number of rotatable bonds is 8. The van der Waals surface area contributed by atoms with Gasteiger partial charge in [-0.3, -0.25) is 0 Å². The van der Waals surface area contributed by atoms with E-state index < -0.39 is 26.5 Å². The summed E-state index contributed by atoms with van der Waals surface area (Å²) in [6.07, 6.45) is 2.31. The Kier molecular flexibility index (Phi) is 5.54. The van der Waals surface area contributed by atoms with Crippen molar-refractivity contribution in [2.24, 2.45) is 0 Å². The van der Waals surface area contributed by atoms with E-state index >= 15 is 0 Å². The monoisotopic (exact) mass is 482 g/mol. The number of ether oxygens (including phenoxy) is 2. The van der Waals surface area contributed by atoms with Gasteiger partial charge < -0.3 is 0 Å². The van der Waals surface area contributed by atoms with Gasteiger partial charge in [-0.1, -0.05) is 0 Å². The minimum atomic E-state index is -2.34. The summed E-state index contributed by atoms with van der Waals surface area (Å²) < 4.78 is 15.5. The molecular weight excluding hydrogens is 447 g/mol. The predicted molar refractivity (Wildman–Crippen MR) is 115 cm³/mol. The van der Waals surface area contributed by atoms with E-state index in [2.05, 4.69) is 64.3 Å². The number of nitrogens with zero attached hydrogens (tertiary/aromatic N) is 2. The van der Waals surface area contributed by atoms with Gasteiger partial charge in [0.25, 0.3) is 0 Å². The summed E-state index contributed by atoms with van der Waals surface area (Å²) in [7, 11) is -1.06. The second kappa shape index (κ2) is 7.13. The molecule has 1 aliphatic carbocycles. The van der Waals surface area contributed by atoms with Gasteiger partial charge in [-0.05, 0) is 0 Å². The predicted octanol–water partition coefficient (Wildman–Crippen LogP) is 4.83. The van der Waals surface area contributed by atoms with E-state index in [1.807, 2.05) is 0 Å². The molecule has 0 N–H and O–H groups in total. The van der Waals surface area contributed by atoms with E-state index in [1.165, 1.54) is 20.7 Å². The van der Waals surface area contributed by atoms with E-state index in [1.54, 1.807) is 0 Å². The summed E-state index contributed by atoms with van der Waals surface area (Å²) in [4.78, 5) is 7.26. The molecule has 1 fully saturated rings. The Morgan fingerprint density at radius 3 is 2.46 bits per heavy atom. The van der Waals surface area contributed by atoms with Gasteiger partial charge in [0.05, 0.1) is 0 Å². The summed E-state index contributed by atoms with van der Waals surface area (Å²) in [5.41, 5.74) is 1.22.